The van der Waals surface area contributed by atoms with Gasteiger partial charge < -0.3 is 9.47 Å². The molecule has 5 heteroatoms. The molecule has 0 radical (unpaired) electrons. The monoisotopic (exact) mass is 377 g/mol. The first-order chi connectivity index (χ1) is 10.6. The fourth-order valence-electron chi connectivity index (χ4n) is 1.99. The van der Waals surface area contributed by atoms with Gasteiger partial charge in [0, 0.05) is 15.1 Å². The molecule has 0 aliphatic carbocycles. The van der Waals surface area contributed by atoms with Crippen molar-refractivity contribution in [3.05, 3.63) is 57.0 Å². The van der Waals surface area contributed by atoms with Gasteiger partial charge in [0.1, 0.15) is 0 Å². The molecule has 0 aliphatic rings. The van der Waals surface area contributed by atoms with Crippen LogP contribution in [0.2, 0.25) is 5.02 Å². The van der Waals surface area contributed by atoms with Crippen molar-refractivity contribution in [1.29, 1.82) is 5.26 Å². The Kier molecular flexibility index (Phi) is 5.48. The van der Waals surface area contributed by atoms with Gasteiger partial charge in [-0.2, -0.15) is 5.26 Å². The molecule has 0 saturated carbocycles. The Morgan fingerprint density at radius 1 is 1.18 bits per heavy atom. The largest absolute Gasteiger partial charge is 0.493 e. The molecule has 0 spiro atoms. The number of halogens is 2. The number of hydrogen-bond donors (Lipinski definition) is 0. The maximum atomic E-state index is 9.44. The topological polar surface area (TPSA) is 42.2 Å². The Morgan fingerprint density at radius 2 is 1.82 bits per heavy atom. The third-order valence-electron chi connectivity index (χ3n) is 3.09. The van der Waals surface area contributed by atoms with Gasteiger partial charge in [-0.25, -0.2) is 0 Å². The predicted octanol–water partition coefficient (Wildman–Crippen LogP) is 5.18. The molecule has 2 aromatic carbocycles. The molecule has 0 aromatic heterocycles. The Morgan fingerprint density at radius 3 is 2.41 bits per heavy atom. The summed E-state index contributed by atoms with van der Waals surface area (Å²) in [6.45, 7) is 0. The van der Waals surface area contributed by atoms with Crippen molar-refractivity contribution in [3.63, 3.8) is 0 Å². The van der Waals surface area contributed by atoms with Gasteiger partial charge in [-0.05, 0) is 29.8 Å². The summed E-state index contributed by atoms with van der Waals surface area (Å²) in [6.07, 6.45) is 1.76. The van der Waals surface area contributed by atoms with E-state index in [2.05, 4.69) is 22.0 Å². The Hall–Kier alpha value is -1.96. The molecule has 0 fully saturated rings. The number of benzene rings is 2. The normalized spacial score (nSPS) is 11.0. The van der Waals surface area contributed by atoms with Crippen molar-refractivity contribution in [2.45, 2.75) is 0 Å². The molecular weight excluding hydrogens is 366 g/mol. The zero-order chi connectivity index (χ0) is 16.1. The number of rotatable bonds is 4. The number of hydrogen-bond acceptors (Lipinski definition) is 3. The Labute approximate surface area is 142 Å². The number of ether oxygens (including phenoxy) is 2. The summed E-state index contributed by atoms with van der Waals surface area (Å²) in [5.74, 6) is 1.20. The van der Waals surface area contributed by atoms with Crippen molar-refractivity contribution in [1.82, 2.24) is 0 Å². The summed E-state index contributed by atoms with van der Waals surface area (Å²) < 4.78 is 11.3. The Bertz CT molecular complexity index is 766. The number of nitriles is 1. The fraction of sp³-hybridized carbons (Fsp3) is 0.118. The van der Waals surface area contributed by atoms with Crippen LogP contribution >= 0.6 is 27.5 Å². The first-order valence-electron chi connectivity index (χ1n) is 6.39. The molecule has 0 aliphatic heterocycles. The minimum absolute atomic E-state index is 0.471. The minimum atomic E-state index is 0.471. The molecule has 0 unspecified atom stereocenters. The van der Waals surface area contributed by atoms with Gasteiger partial charge in [-0.15, -0.1) is 0 Å². The van der Waals surface area contributed by atoms with Crippen LogP contribution in [0.3, 0.4) is 0 Å². The minimum Gasteiger partial charge on any atom is -0.493 e. The highest BCUT2D eigenvalue weighted by atomic mass is 79.9. The van der Waals surface area contributed by atoms with Crippen molar-refractivity contribution < 1.29 is 9.47 Å². The molecule has 22 heavy (non-hydrogen) atoms. The van der Waals surface area contributed by atoms with E-state index in [-0.39, 0.29) is 0 Å². The van der Waals surface area contributed by atoms with Crippen molar-refractivity contribution in [2.75, 3.05) is 14.2 Å². The first-order valence-corrected chi connectivity index (χ1v) is 7.56. The van der Waals surface area contributed by atoms with E-state index in [1.807, 2.05) is 18.2 Å². The molecule has 2 aromatic rings. The molecule has 0 amide bonds. The fourth-order valence-corrected chi connectivity index (χ4v) is 2.66. The summed E-state index contributed by atoms with van der Waals surface area (Å²) in [4.78, 5) is 0. The van der Waals surface area contributed by atoms with Gasteiger partial charge in [0.25, 0.3) is 0 Å². The lowest BCUT2D eigenvalue weighted by atomic mass is 10.0. The first kappa shape index (κ1) is 16.4. The standard InChI is InChI=1S/C17H13BrClNO2/c1-21-16-8-11(14(18)9-17(16)22-2)7-12(10-20)13-5-3-4-6-15(13)19/h3-9H,1-2H3. The van der Waals surface area contributed by atoms with E-state index in [4.69, 9.17) is 21.1 Å². The van der Waals surface area contributed by atoms with Crippen LogP contribution in [0.25, 0.3) is 11.6 Å². The lowest BCUT2D eigenvalue weighted by Gasteiger charge is -2.10. The third kappa shape index (κ3) is 3.44. The van der Waals surface area contributed by atoms with Crippen molar-refractivity contribution in [2.24, 2.45) is 0 Å². The highest BCUT2D eigenvalue weighted by Crippen LogP contribution is 2.35. The highest BCUT2D eigenvalue weighted by molar-refractivity contribution is 9.10. The molecule has 0 bridgehead atoms. The van der Waals surface area contributed by atoms with Crippen LogP contribution in [-0.2, 0) is 0 Å². The van der Waals surface area contributed by atoms with Gasteiger partial charge in [-0.1, -0.05) is 45.7 Å². The van der Waals surface area contributed by atoms with E-state index < -0.39 is 0 Å². The summed E-state index contributed by atoms with van der Waals surface area (Å²) in [5.41, 5.74) is 1.96. The molecule has 0 N–H and O–H groups in total. The van der Waals surface area contributed by atoms with Gasteiger partial charge in [0.05, 0.1) is 25.9 Å². The molecule has 2 rings (SSSR count). The second-order valence-corrected chi connectivity index (χ2v) is 5.64. The summed E-state index contributed by atoms with van der Waals surface area (Å²) in [6, 6.07) is 13.0. The van der Waals surface area contributed by atoms with E-state index in [9.17, 15) is 5.26 Å². The molecule has 3 nitrogen and oxygen atoms in total. The predicted molar refractivity (Wildman–Crippen MR) is 92.2 cm³/mol. The van der Waals surface area contributed by atoms with Crippen molar-refractivity contribution in [3.8, 4) is 17.6 Å². The van der Waals surface area contributed by atoms with Crippen LogP contribution in [0.5, 0.6) is 11.5 Å². The SMILES string of the molecule is COc1cc(Br)c(C=C(C#N)c2ccccc2Cl)cc1OC. The molecule has 0 saturated heterocycles. The number of allylic oxidation sites excluding steroid dienone is 1. The van der Waals surface area contributed by atoms with Crippen LogP contribution in [0, 0.1) is 11.3 Å². The number of nitrogens with zero attached hydrogens (tertiary/aromatic N) is 1. The van der Waals surface area contributed by atoms with Gasteiger partial charge in [-0.3, -0.25) is 0 Å². The van der Waals surface area contributed by atoms with E-state index in [0.717, 1.165) is 10.0 Å². The van der Waals surface area contributed by atoms with Crippen LogP contribution < -0.4 is 9.47 Å². The second kappa shape index (κ2) is 7.35. The van der Waals surface area contributed by atoms with Crippen LogP contribution in [0.1, 0.15) is 11.1 Å². The maximum Gasteiger partial charge on any atom is 0.161 e. The molecule has 0 heterocycles. The van der Waals surface area contributed by atoms with E-state index in [1.165, 1.54) is 0 Å². The van der Waals surface area contributed by atoms with Crippen LogP contribution in [0.15, 0.2) is 40.9 Å². The molecular formula is C17H13BrClNO2. The lowest BCUT2D eigenvalue weighted by molar-refractivity contribution is 0.354. The molecule has 112 valence electrons. The lowest BCUT2D eigenvalue weighted by Crippen LogP contribution is -1.92. The smallest absolute Gasteiger partial charge is 0.161 e. The summed E-state index contributed by atoms with van der Waals surface area (Å²) >= 11 is 9.64. The van der Waals surface area contributed by atoms with Crippen LogP contribution in [0.4, 0.5) is 0 Å². The zero-order valence-electron chi connectivity index (χ0n) is 12.1. The third-order valence-corrected chi connectivity index (χ3v) is 4.10. The van der Waals surface area contributed by atoms with E-state index >= 15 is 0 Å². The zero-order valence-corrected chi connectivity index (χ0v) is 14.4. The second-order valence-electron chi connectivity index (χ2n) is 4.38. The van der Waals surface area contributed by atoms with Gasteiger partial charge in [0.2, 0.25) is 0 Å². The average molecular weight is 379 g/mol. The Balaban J connectivity index is 2.56. The van der Waals surface area contributed by atoms with E-state index in [1.54, 1.807) is 38.5 Å². The van der Waals surface area contributed by atoms with Gasteiger partial charge >= 0.3 is 0 Å². The van der Waals surface area contributed by atoms with E-state index in [0.29, 0.717) is 27.7 Å². The number of methoxy groups -OCH3 is 2. The van der Waals surface area contributed by atoms with Crippen LogP contribution in [-0.4, -0.2) is 14.2 Å². The highest BCUT2D eigenvalue weighted by Gasteiger charge is 2.11. The summed E-state index contributed by atoms with van der Waals surface area (Å²) in [7, 11) is 3.14. The quantitative estimate of drug-likeness (QED) is 0.543. The average Bonchev–Trinajstić information content (AvgIpc) is 2.54. The summed E-state index contributed by atoms with van der Waals surface area (Å²) in [5, 5.41) is 9.97. The van der Waals surface area contributed by atoms with Gasteiger partial charge in [0.15, 0.2) is 11.5 Å². The molecule has 0 atom stereocenters. The van der Waals surface area contributed by atoms with Crippen molar-refractivity contribution >= 4 is 39.2 Å². The maximum absolute atomic E-state index is 9.44.